The van der Waals surface area contributed by atoms with Crippen LogP contribution in [0.3, 0.4) is 0 Å². The molecule has 2 heterocycles. The predicted octanol–water partition coefficient (Wildman–Crippen LogP) is 2.31. The number of rotatable bonds is 5. The topological polar surface area (TPSA) is 101 Å². The molecule has 0 spiro atoms. The van der Waals surface area contributed by atoms with Crippen molar-refractivity contribution in [3.63, 3.8) is 0 Å². The molecular formula is C21H23N3O4S. The first-order valence-corrected chi connectivity index (χ1v) is 11.0. The Kier molecular flexibility index (Phi) is 5.80. The van der Waals surface area contributed by atoms with Gasteiger partial charge in [-0.15, -0.1) is 0 Å². The van der Waals surface area contributed by atoms with E-state index < -0.39 is 21.8 Å². The Morgan fingerprint density at radius 1 is 1.31 bits per heavy atom. The van der Waals surface area contributed by atoms with Crippen LogP contribution in [0.4, 0.5) is 0 Å². The largest absolute Gasteiger partial charge is 0.497 e. The van der Waals surface area contributed by atoms with E-state index in [1.54, 1.807) is 13.2 Å². The van der Waals surface area contributed by atoms with Crippen LogP contribution in [0.25, 0.3) is 11.8 Å². The summed E-state index contributed by atoms with van der Waals surface area (Å²) >= 11 is 0. The van der Waals surface area contributed by atoms with E-state index in [9.17, 15) is 18.5 Å². The fourth-order valence-corrected chi connectivity index (χ4v) is 5.21. The molecule has 1 saturated heterocycles. The lowest BCUT2D eigenvalue weighted by Crippen LogP contribution is -2.36. The molecule has 1 fully saturated rings. The van der Waals surface area contributed by atoms with E-state index in [-0.39, 0.29) is 17.1 Å². The van der Waals surface area contributed by atoms with Crippen molar-refractivity contribution < 1.29 is 17.9 Å². The van der Waals surface area contributed by atoms with Crippen LogP contribution in [0.15, 0.2) is 35.9 Å². The van der Waals surface area contributed by atoms with Gasteiger partial charge in [0.2, 0.25) is 0 Å². The first-order chi connectivity index (χ1) is 13.7. The Morgan fingerprint density at radius 3 is 2.55 bits per heavy atom. The molecule has 1 N–H and O–H groups in total. The predicted molar refractivity (Wildman–Crippen MR) is 111 cm³/mol. The van der Waals surface area contributed by atoms with Crippen molar-refractivity contribution in [2.75, 3.05) is 18.6 Å². The Bertz CT molecular complexity index is 1110. The summed E-state index contributed by atoms with van der Waals surface area (Å²) in [5.74, 6) is 0.188. The van der Waals surface area contributed by atoms with Crippen molar-refractivity contribution >= 4 is 21.8 Å². The van der Waals surface area contributed by atoms with Crippen LogP contribution in [0, 0.1) is 25.2 Å². The molecular weight excluding hydrogens is 390 g/mol. The number of nitrogens with zero attached hydrogens (tertiary/aromatic N) is 2. The van der Waals surface area contributed by atoms with E-state index in [0.717, 1.165) is 28.4 Å². The lowest BCUT2D eigenvalue weighted by molar-refractivity contribution is -0.117. The van der Waals surface area contributed by atoms with Gasteiger partial charge in [0.1, 0.15) is 17.4 Å². The highest BCUT2D eigenvalue weighted by molar-refractivity contribution is 7.91. The minimum Gasteiger partial charge on any atom is -0.497 e. The third-order valence-corrected chi connectivity index (χ3v) is 6.80. The first-order valence-electron chi connectivity index (χ1n) is 9.20. The van der Waals surface area contributed by atoms with Gasteiger partial charge in [-0.1, -0.05) is 0 Å². The van der Waals surface area contributed by atoms with E-state index in [0.29, 0.717) is 6.42 Å². The second-order valence-corrected chi connectivity index (χ2v) is 9.33. The zero-order valence-corrected chi connectivity index (χ0v) is 17.4. The van der Waals surface area contributed by atoms with Gasteiger partial charge in [-0.05, 0) is 62.2 Å². The number of benzene rings is 1. The quantitative estimate of drug-likeness (QED) is 0.599. The van der Waals surface area contributed by atoms with Crippen LogP contribution in [0.2, 0.25) is 0 Å². The number of nitriles is 1. The van der Waals surface area contributed by atoms with Gasteiger partial charge in [-0.3, -0.25) is 4.79 Å². The van der Waals surface area contributed by atoms with Gasteiger partial charge in [0, 0.05) is 23.1 Å². The van der Waals surface area contributed by atoms with Gasteiger partial charge in [0.25, 0.3) is 5.91 Å². The van der Waals surface area contributed by atoms with Crippen LogP contribution in [-0.2, 0) is 14.6 Å². The van der Waals surface area contributed by atoms with E-state index in [1.807, 2.05) is 54.8 Å². The van der Waals surface area contributed by atoms with Crippen molar-refractivity contribution in [2.45, 2.75) is 26.3 Å². The van der Waals surface area contributed by atoms with Gasteiger partial charge in [-0.2, -0.15) is 5.26 Å². The number of hydrogen-bond donors (Lipinski definition) is 1. The van der Waals surface area contributed by atoms with E-state index >= 15 is 0 Å². The maximum Gasteiger partial charge on any atom is 0.262 e. The Hall–Kier alpha value is -3.05. The lowest BCUT2D eigenvalue weighted by Gasteiger charge is -2.11. The molecule has 1 aromatic carbocycles. The molecule has 2 aromatic rings. The number of amides is 1. The summed E-state index contributed by atoms with van der Waals surface area (Å²) < 4.78 is 30.4. The number of carbonyl (C=O) groups excluding carboxylic acids is 1. The molecule has 1 aromatic heterocycles. The molecule has 0 saturated carbocycles. The smallest absolute Gasteiger partial charge is 0.262 e. The molecule has 0 aliphatic carbocycles. The fourth-order valence-electron chi connectivity index (χ4n) is 3.54. The summed E-state index contributed by atoms with van der Waals surface area (Å²) in [6, 6.07) is 11.0. The number of nitrogens with one attached hydrogen (secondary N) is 1. The Balaban J connectivity index is 1.86. The summed E-state index contributed by atoms with van der Waals surface area (Å²) in [7, 11) is -1.50. The van der Waals surface area contributed by atoms with Crippen molar-refractivity contribution in [3.8, 4) is 17.5 Å². The maximum atomic E-state index is 12.5. The second kappa shape index (κ2) is 8.13. The van der Waals surface area contributed by atoms with Gasteiger partial charge < -0.3 is 14.6 Å². The highest BCUT2D eigenvalue weighted by atomic mass is 32.2. The van der Waals surface area contributed by atoms with Gasteiger partial charge in [-0.25, -0.2) is 8.42 Å². The molecule has 0 radical (unpaired) electrons. The average molecular weight is 413 g/mol. The number of methoxy groups -OCH3 is 1. The number of sulfone groups is 1. The van der Waals surface area contributed by atoms with Crippen LogP contribution in [0.5, 0.6) is 5.75 Å². The van der Waals surface area contributed by atoms with Crippen molar-refractivity contribution in [2.24, 2.45) is 0 Å². The van der Waals surface area contributed by atoms with Crippen LogP contribution >= 0.6 is 0 Å². The minimum atomic E-state index is -3.11. The van der Waals surface area contributed by atoms with E-state index in [2.05, 4.69) is 5.32 Å². The fraction of sp³-hybridized carbons (Fsp3) is 0.333. The standard InChI is InChI=1S/C21H23N3O4S/c1-14-10-16(15(2)24(14)19-4-6-20(28-3)7-5-19)11-17(12-22)21(25)23-18-8-9-29(26,27)13-18/h4-7,10-11,18H,8-9,13H2,1-3H3,(H,23,25)/b17-11+/t18-/m0/s1. The zero-order valence-electron chi connectivity index (χ0n) is 16.6. The molecule has 0 bridgehead atoms. The van der Waals surface area contributed by atoms with Crippen LogP contribution in [-0.4, -0.2) is 43.5 Å². The van der Waals surface area contributed by atoms with E-state index in [4.69, 9.17) is 4.74 Å². The highest BCUT2D eigenvalue weighted by Gasteiger charge is 2.29. The van der Waals surface area contributed by atoms with Crippen molar-refractivity contribution in [3.05, 3.63) is 52.9 Å². The highest BCUT2D eigenvalue weighted by Crippen LogP contribution is 2.24. The van der Waals surface area contributed by atoms with Gasteiger partial charge in [0.15, 0.2) is 9.84 Å². The summed E-state index contributed by atoms with van der Waals surface area (Å²) in [5, 5.41) is 12.1. The van der Waals surface area contributed by atoms with Gasteiger partial charge >= 0.3 is 0 Å². The lowest BCUT2D eigenvalue weighted by atomic mass is 10.1. The summed E-state index contributed by atoms with van der Waals surface area (Å²) in [4.78, 5) is 12.5. The molecule has 8 heteroatoms. The number of carbonyl (C=O) groups is 1. The van der Waals surface area contributed by atoms with Crippen molar-refractivity contribution in [1.82, 2.24) is 9.88 Å². The summed E-state index contributed by atoms with van der Waals surface area (Å²) in [6.45, 7) is 3.86. The maximum absolute atomic E-state index is 12.5. The first kappa shape index (κ1) is 20.7. The monoisotopic (exact) mass is 413 g/mol. The zero-order chi connectivity index (χ0) is 21.2. The Morgan fingerprint density at radius 2 is 2.00 bits per heavy atom. The number of aromatic nitrogens is 1. The summed E-state index contributed by atoms with van der Waals surface area (Å²) in [6.07, 6.45) is 1.92. The average Bonchev–Trinajstić information content (AvgIpc) is 3.17. The molecule has 29 heavy (non-hydrogen) atoms. The normalized spacial score (nSPS) is 18.3. The van der Waals surface area contributed by atoms with E-state index in [1.165, 1.54) is 0 Å². The molecule has 1 aliphatic rings. The summed E-state index contributed by atoms with van der Waals surface area (Å²) in [5.41, 5.74) is 3.49. The van der Waals surface area contributed by atoms with Crippen LogP contribution < -0.4 is 10.1 Å². The second-order valence-electron chi connectivity index (χ2n) is 7.10. The van der Waals surface area contributed by atoms with Gasteiger partial charge in [0.05, 0.1) is 18.6 Å². The third kappa shape index (κ3) is 4.51. The SMILES string of the molecule is COc1ccc(-n2c(C)cc(/C=C(\C#N)C(=O)N[C@H]3CCS(=O)(=O)C3)c2C)cc1. The Labute approximate surface area is 170 Å². The molecule has 7 nitrogen and oxygen atoms in total. The molecule has 1 amide bonds. The number of ether oxygens (including phenoxy) is 1. The number of aryl methyl sites for hydroxylation is 1. The van der Waals surface area contributed by atoms with Crippen molar-refractivity contribution in [1.29, 1.82) is 5.26 Å². The molecule has 1 atom stereocenters. The third-order valence-electron chi connectivity index (χ3n) is 5.03. The number of hydrogen-bond acceptors (Lipinski definition) is 5. The van der Waals surface area contributed by atoms with Crippen LogP contribution in [0.1, 0.15) is 23.4 Å². The molecule has 1 aliphatic heterocycles. The molecule has 3 rings (SSSR count). The molecule has 152 valence electrons. The minimum absolute atomic E-state index is 0.0516. The molecule has 0 unspecified atom stereocenters.